The Labute approximate surface area is 325 Å². The molecule has 300 valence electrons. The van der Waals surface area contributed by atoms with Crippen LogP contribution < -0.4 is 25.8 Å². The zero-order valence-electron chi connectivity index (χ0n) is 31.5. The molecule has 3 N–H and O–H groups in total. The van der Waals surface area contributed by atoms with Crippen LogP contribution in [0, 0.1) is 23.7 Å². The van der Waals surface area contributed by atoms with Crippen molar-refractivity contribution in [2.45, 2.75) is 71.9 Å². The van der Waals surface area contributed by atoms with E-state index in [0.717, 1.165) is 91.1 Å². The third kappa shape index (κ3) is 8.92. The van der Waals surface area contributed by atoms with E-state index in [1.54, 1.807) is 31.2 Å². The molecular formula is C41H54N8O7. The summed E-state index contributed by atoms with van der Waals surface area (Å²) in [4.78, 5) is 67.3. The molecule has 1 aliphatic heterocycles. The second-order valence-electron chi connectivity index (χ2n) is 15.0. The molecule has 3 aromatic heterocycles. The Morgan fingerprint density at radius 1 is 0.714 bits per heavy atom. The number of aromatic nitrogens is 6. The van der Waals surface area contributed by atoms with Crippen molar-refractivity contribution in [1.29, 1.82) is 0 Å². The van der Waals surface area contributed by atoms with Gasteiger partial charge in [-0.3, -0.25) is 18.7 Å². The number of nitrogens with zero attached hydrogens (tertiary/aromatic N) is 6. The number of benzene rings is 2. The van der Waals surface area contributed by atoms with Gasteiger partial charge in [-0.25, -0.2) is 19.6 Å². The van der Waals surface area contributed by atoms with Crippen LogP contribution in [0.5, 0.6) is 11.5 Å². The third-order valence-corrected chi connectivity index (χ3v) is 11.7. The lowest BCUT2D eigenvalue weighted by molar-refractivity contribution is -0.143. The van der Waals surface area contributed by atoms with Gasteiger partial charge < -0.3 is 34.3 Å². The molecule has 15 heteroatoms. The maximum Gasteiger partial charge on any atom is 0.326 e. The summed E-state index contributed by atoms with van der Waals surface area (Å²) in [6, 6.07) is 13.0. The summed E-state index contributed by atoms with van der Waals surface area (Å²) in [6.07, 6.45) is 10.3. The molecule has 5 aromatic rings. The fraction of sp³-hybridized carbons (Fsp3) is 0.512. The summed E-state index contributed by atoms with van der Waals surface area (Å²) < 4.78 is 14.1. The SMILES string of the molecule is C.COc1ccc2[nH]c(=O)n(CC3CCC(C(=O)N4CCN(c5ncccn5)CC4)CC3)c2c1.COc1ccc2[nH]c(=O)n(CC3CCC(C(=O)O)CC3)c2c1. The Hall–Kier alpha value is -5.60. The number of rotatable bonds is 9. The lowest BCUT2D eigenvalue weighted by Crippen LogP contribution is -2.51. The molecule has 3 aliphatic rings. The highest BCUT2D eigenvalue weighted by molar-refractivity contribution is 5.79. The van der Waals surface area contributed by atoms with Crippen molar-refractivity contribution in [2.24, 2.45) is 23.7 Å². The van der Waals surface area contributed by atoms with E-state index in [-0.39, 0.29) is 36.5 Å². The highest BCUT2D eigenvalue weighted by Gasteiger charge is 2.32. The Morgan fingerprint density at radius 3 is 1.62 bits per heavy atom. The van der Waals surface area contributed by atoms with Crippen molar-refractivity contribution in [3.05, 3.63) is 75.8 Å². The summed E-state index contributed by atoms with van der Waals surface area (Å²) in [5.74, 6) is 2.36. The van der Waals surface area contributed by atoms with Gasteiger partial charge in [0.1, 0.15) is 11.5 Å². The van der Waals surface area contributed by atoms with Gasteiger partial charge in [0.05, 0.1) is 42.2 Å². The summed E-state index contributed by atoms with van der Waals surface area (Å²) in [6.45, 7) is 4.24. The number of ether oxygens (including phenoxy) is 2. The summed E-state index contributed by atoms with van der Waals surface area (Å²) in [7, 11) is 3.23. The van der Waals surface area contributed by atoms with Gasteiger partial charge in [0.25, 0.3) is 0 Å². The van der Waals surface area contributed by atoms with Crippen LogP contribution in [-0.4, -0.2) is 91.4 Å². The summed E-state index contributed by atoms with van der Waals surface area (Å²) in [5.41, 5.74) is 3.12. The Bertz CT molecular complexity index is 2200. The van der Waals surface area contributed by atoms with Crippen LogP contribution in [0.1, 0.15) is 58.8 Å². The first-order valence-corrected chi connectivity index (χ1v) is 19.3. The van der Waals surface area contributed by atoms with Crippen LogP contribution in [-0.2, 0) is 22.7 Å². The second-order valence-corrected chi connectivity index (χ2v) is 15.0. The first kappa shape index (κ1) is 40.1. The van der Waals surface area contributed by atoms with Crippen molar-refractivity contribution >= 4 is 39.9 Å². The predicted molar refractivity (Wildman–Crippen MR) is 214 cm³/mol. The molecule has 8 rings (SSSR count). The van der Waals surface area contributed by atoms with Crippen molar-refractivity contribution in [3.8, 4) is 11.5 Å². The zero-order chi connectivity index (χ0) is 38.5. The number of piperazine rings is 1. The van der Waals surface area contributed by atoms with E-state index in [2.05, 4.69) is 24.8 Å². The number of fused-ring (bicyclic) bond motifs is 2. The Morgan fingerprint density at radius 2 is 1.18 bits per heavy atom. The standard InChI is InChI=1S/C24H30N6O3.C16H20N2O4.CH4/c1-33-19-7-8-20-21(15-19)30(24(32)27-20)16-17-3-5-18(6-4-17)22(31)28-11-13-29(14-12-28)23-25-9-2-10-26-23;1-22-12-6-7-13-14(8-12)18(16(21)17-13)9-10-2-4-11(5-3-10)15(19)20;/h2,7-10,15,17-18H,3-6,11-14,16H2,1H3,(H,27,32);6-8,10-11H,2-5,9H2,1H3,(H,17,21)(H,19,20);1H4. The molecule has 2 saturated carbocycles. The van der Waals surface area contributed by atoms with E-state index in [1.807, 2.05) is 51.9 Å². The predicted octanol–water partition coefficient (Wildman–Crippen LogP) is 5.15. The van der Waals surface area contributed by atoms with E-state index in [1.165, 1.54) is 0 Å². The highest BCUT2D eigenvalue weighted by atomic mass is 16.5. The summed E-state index contributed by atoms with van der Waals surface area (Å²) in [5, 5.41) is 9.05. The molecule has 0 bridgehead atoms. The van der Waals surface area contributed by atoms with Crippen LogP contribution in [0.2, 0.25) is 0 Å². The monoisotopic (exact) mass is 770 g/mol. The van der Waals surface area contributed by atoms with E-state index >= 15 is 0 Å². The topological polar surface area (TPSA) is 181 Å². The first-order valence-electron chi connectivity index (χ1n) is 19.3. The second kappa shape index (κ2) is 17.9. The molecule has 4 heterocycles. The van der Waals surface area contributed by atoms with Crippen molar-refractivity contribution < 1.29 is 24.2 Å². The maximum absolute atomic E-state index is 13.1. The first-order chi connectivity index (χ1) is 26.7. The fourth-order valence-corrected chi connectivity index (χ4v) is 8.42. The Kier molecular flexibility index (Phi) is 12.8. The average molecular weight is 771 g/mol. The number of H-pyrrole nitrogens is 2. The van der Waals surface area contributed by atoms with Gasteiger partial charge in [-0.2, -0.15) is 0 Å². The van der Waals surface area contributed by atoms with E-state index in [0.29, 0.717) is 50.9 Å². The number of carbonyl (C=O) groups is 2. The van der Waals surface area contributed by atoms with Crippen molar-refractivity contribution in [3.63, 3.8) is 0 Å². The molecule has 0 radical (unpaired) electrons. The zero-order valence-corrected chi connectivity index (χ0v) is 31.5. The quantitative estimate of drug-likeness (QED) is 0.182. The molecule has 0 unspecified atom stereocenters. The van der Waals surface area contributed by atoms with Crippen LogP contribution in [0.4, 0.5) is 5.95 Å². The Balaban J connectivity index is 0.000000202. The van der Waals surface area contributed by atoms with Gasteiger partial charge in [-0.1, -0.05) is 7.43 Å². The number of carboxylic acid groups (broad SMARTS) is 1. The van der Waals surface area contributed by atoms with Gasteiger partial charge >= 0.3 is 17.3 Å². The highest BCUT2D eigenvalue weighted by Crippen LogP contribution is 2.33. The van der Waals surface area contributed by atoms with E-state index < -0.39 is 5.97 Å². The minimum Gasteiger partial charge on any atom is -0.497 e. The van der Waals surface area contributed by atoms with Gasteiger partial charge in [0.2, 0.25) is 11.9 Å². The van der Waals surface area contributed by atoms with Gasteiger partial charge in [0.15, 0.2) is 0 Å². The molecule has 1 amide bonds. The molecule has 3 fully saturated rings. The minimum atomic E-state index is -0.701. The number of imidazole rings is 2. The molecule has 0 atom stereocenters. The van der Waals surface area contributed by atoms with Crippen LogP contribution in [0.25, 0.3) is 22.1 Å². The number of anilines is 1. The number of carbonyl (C=O) groups excluding carboxylic acids is 1. The van der Waals surface area contributed by atoms with E-state index in [4.69, 9.17) is 14.6 Å². The van der Waals surface area contributed by atoms with Crippen LogP contribution in [0.3, 0.4) is 0 Å². The number of nitrogens with one attached hydrogen (secondary N) is 2. The number of aliphatic carboxylic acids is 1. The molecule has 1 saturated heterocycles. The number of aromatic amines is 2. The molecule has 2 aliphatic carbocycles. The summed E-state index contributed by atoms with van der Waals surface area (Å²) >= 11 is 0. The average Bonchev–Trinajstić information content (AvgIpc) is 3.71. The van der Waals surface area contributed by atoms with Crippen molar-refractivity contribution in [1.82, 2.24) is 34.0 Å². The number of hydrogen-bond donors (Lipinski definition) is 3. The van der Waals surface area contributed by atoms with E-state index in [9.17, 15) is 19.2 Å². The van der Waals surface area contributed by atoms with Gasteiger partial charge in [-0.05, 0) is 93.5 Å². The fourth-order valence-electron chi connectivity index (χ4n) is 8.42. The number of hydrogen-bond acceptors (Lipinski definition) is 9. The van der Waals surface area contributed by atoms with Crippen molar-refractivity contribution in [2.75, 3.05) is 45.3 Å². The number of carboxylic acids is 1. The third-order valence-electron chi connectivity index (χ3n) is 11.7. The maximum atomic E-state index is 13.1. The molecule has 2 aromatic carbocycles. The molecule has 0 spiro atoms. The number of amides is 1. The van der Waals surface area contributed by atoms with Gasteiger partial charge in [0, 0.05) is 69.7 Å². The lowest BCUT2D eigenvalue weighted by atomic mass is 9.81. The minimum absolute atomic E-state index is 0. The largest absolute Gasteiger partial charge is 0.497 e. The molecular weight excluding hydrogens is 716 g/mol. The molecule has 56 heavy (non-hydrogen) atoms. The van der Waals surface area contributed by atoms with Crippen LogP contribution in [0.15, 0.2) is 64.4 Å². The number of methoxy groups -OCH3 is 2. The lowest BCUT2D eigenvalue weighted by Gasteiger charge is -2.37. The normalized spacial score (nSPS) is 21.2. The van der Waals surface area contributed by atoms with Crippen LogP contribution >= 0.6 is 0 Å². The smallest absolute Gasteiger partial charge is 0.326 e. The molecule has 15 nitrogen and oxygen atoms in total. The van der Waals surface area contributed by atoms with Gasteiger partial charge in [-0.15, -0.1) is 0 Å².